The van der Waals surface area contributed by atoms with Gasteiger partial charge in [-0.1, -0.05) is 13.3 Å². The Bertz CT molecular complexity index is 653. The summed E-state index contributed by atoms with van der Waals surface area (Å²) in [6.45, 7) is 10.4. The molecule has 0 unspecified atom stereocenters. The van der Waals surface area contributed by atoms with Gasteiger partial charge in [0, 0.05) is 36.6 Å². The molecule has 0 aliphatic rings. The van der Waals surface area contributed by atoms with Crippen molar-refractivity contribution in [3.8, 4) is 0 Å². The molecule has 1 aromatic heterocycles. The first-order chi connectivity index (χ1) is 12.1. The summed E-state index contributed by atoms with van der Waals surface area (Å²) in [5.41, 5.74) is 2.70. The summed E-state index contributed by atoms with van der Waals surface area (Å²) in [7, 11) is 0. The lowest BCUT2D eigenvalue weighted by atomic mass is 10.1. The molecule has 0 aliphatic heterocycles. The summed E-state index contributed by atoms with van der Waals surface area (Å²) in [6.07, 6.45) is 5.81. The summed E-state index contributed by atoms with van der Waals surface area (Å²) in [6, 6.07) is 11.8. The second-order valence-electron chi connectivity index (χ2n) is 6.46. The van der Waals surface area contributed by atoms with Crippen molar-refractivity contribution in [2.45, 2.75) is 46.6 Å². The van der Waals surface area contributed by atoms with Gasteiger partial charge in [0.15, 0.2) is 0 Å². The van der Waals surface area contributed by atoms with Gasteiger partial charge in [-0.15, -0.1) is 0 Å². The number of carbonyl (C=O) groups is 1. The maximum atomic E-state index is 13.0. The van der Waals surface area contributed by atoms with Gasteiger partial charge in [-0.25, -0.2) is 0 Å². The number of benzene rings is 1. The molecule has 0 saturated carbocycles. The molecule has 1 aromatic carbocycles. The average Bonchev–Trinajstić information content (AvgIpc) is 2.63. The molecule has 0 atom stereocenters. The minimum atomic E-state index is 0.00570. The fourth-order valence-corrected chi connectivity index (χ4v) is 2.92. The smallest absolute Gasteiger partial charge is 0.258 e. The highest BCUT2D eigenvalue weighted by Gasteiger charge is 2.21. The van der Waals surface area contributed by atoms with Gasteiger partial charge in [-0.05, 0) is 63.6 Å². The van der Waals surface area contributed by atoms with E-state index in [0.29, 0.717) is 5.56 Å². The van der Waals surface area contributed by atoms with Crippen LogP contribution < -0.4 is 9.80 Å². The van der Waals surface area contributed by atoms with Gasteiger partial charge in [-0.2, -0.15) is 0 Å². The van der Waals surface area contributed by atoms with Crippen molar-refractivity contribution in [1.82, 2.24) is 4.98 Å². The molecule has 4 heteroatoms. The molecule has 134 valence electrons. The molecule has 0 fully saturated rings. The van der Waals surface area contributed by atoms with Crippen LogP contribution in [0.4, 0.5) is 11.4 Å². The second kappa shape index (κ2) is 9.21. The number of anilines is 2. The molecule has 2 aromatic rings. The van der Waals surface area contributed by atoms with Gasteiger partial charge < -0.3 is 9.80 Å². The standard InChI is InChI=1S/C21H29N3O/c1-5-7-15-23(6-2)19-12-10-18(11-13-19)21(25)24(17(3)4)20-9-8-14-22-16-20/h8-14,16-17H,5-7,15H2,1-4H3. The molecule has 0 aliphatic carbocycles. The van der Waals surface area contributed by atoms with E-state index in [9.17, 15) is 4.79 Å². The quantitative estimate of drug-likeness (QED) is 0.695. The first-order valence-corrected chi connectivity index (χ1v) is 9.17. The van der Waals surface area contributed by atoms with Crippen LogP contribution in [0.5, 0.6) is 0 Å². The van der Waals surface area contributed by atoms with Crippen molar-refractivity contribution in [3.63, 3.8) is 0 Å². The number of aromatic nitrogens is 1. The molecule has 0 radical (unpaired) electrons. The van der Waals surface area contributed by atoms with Crippen LogP contribution in [0, 0.1) is 0 Å². The number of carbonyl (C=O) groups excluding carboxylic acids is 1. The van der Waals surface area contributed by atoms with E-state index in [0.717, 1.165) is 18.8 Å². The van der Waals surface area contributed by atoms with Crippen molar-refractivity contribution < 1.29 is 4.79 Å². The highest BCUT2D eigenvalue weighted by Crippen LogP contribution is 2.21. The highest BCUT2D eigenvalue weighted by molar-refractivity contribution is 6.06. The van der Waals surface area contributed by atoms with Gasteiger partial charge in [0.2, 0.25) is 0 Å². The Balaban J connectivity index is 2.21. The molecular formula is C21H29N3O. The van der Waals surface area contributed by atoms with Gasteiger partial charge >= 0.3 is 0 Å². The van der Waals surface area contributed by atoms with E-state index in [2.05, 4.69) is 23.7 Å². The minimum absolute atomic E-state index is 0.00570. The zero-order valence-electron chi connectivity index (χ0n) is 15.8. The molecule has 0 N–H and O–H groups in total. The van der Waals surface area contributed by atoms with E-state index in [1.54, 1.807) is 17.3 Å². The van der Waals surface area contributed by atoms with Crippen molar-refractivity contribution in [1.29, 1.82) is 0 Å². The maximum Gasteiger partial charge on any atom is 0.258 e. The third-order valence-corrected chi connectivity index (χ3v) is 4.30. The predicted octanol–water partition coefficient (Wildman–Crippen LogP) is 4.76. The normalized spacial score (nSPS) is 10.8. The number of nitrogens with zero attached hydrogens (tertiary/aromatic N) is 3. The van der Waals surface area contributed by atoms with Crippen LogP contribution in [0.2, 0.25) is 0 Å². The molecule has 4 nitrogen and oxygen atoms in total. The van der Waals surface area contributed by atoms with Crippen LogP contribution in [-0.2, 0) is 0 Å². The number of amides is 1. The van der Waals surface area contributed by atoms with E-state index in [1.165, 1.54) is 18.5 Å². The molecular weight excluding hydrogens is 310 g/mol. The van der Waals surface area contributed by atoms with Crippen LogP contribution in [0.15, 0.2) is 48.8 Å². The molecule has 25 heavy (non-hydrogen) atoms. The highest BCUT2D eigenvalue weighted by atomic mass is 16.2. The Kier molecular flexibility index (Phi) is 6.99. The third-order valence-electron chi connectivity index (χ3n) is 4.30. The number of hydrogen-bond acceptors (Lipinski definition) is 3. The monoisotopic (exact) mass is 339 g/mol. The zero-order chi connectivity index (χ0) is 18.2. The van der Waals surface area contributed by atoms with Gasteiger partial charge in [-0.3, -0.25) is 9.78 Å². The fourth-order valence-electron chi connectivity index (χ4n) is 2.92. The van der Waals surface area contributed by atoms with Crippen LogP contribution in [-0.4, -0.2) is 30.0 Å². The Morgan fingerprint density at radius 1 is 1.08 bits per heavy atom. The van der Waals surface area contributed by atoms with Crippen molar-refractivity contribution in [2.75, 3.05) is 22.9 Å². The first kappa shape index (κ1) is 19.0. The predicted molar refractivity (Wildman–Crippen MR) is 105 cm³/mol. The summed E-state index contributed by atoms with van der Waals surface area (Å²) in [5.74, 6) is 0.00570. The second-order valence-corrected chi connectivity index (χ2v) is 6.46. The van der Waals surface area contributed by atoms with Gasteiger partial charge in [0.05, 0.1) is 11.9 Å². The lowest BCUT2D eigenvalue weighted by Gasteiger charge is -2.27. The first-order valence-electron chi connectivity index (χ1n) is 9.17. The number of pyridine rings is 1. The number of hydrogen-bond donors (Lipinski definition) is 0. The Labute approximate surface area is 151 Å². The van der Waals surface area contributed by atoms with Crippen molar-refractivity contribution >= 4 is 17.3 Å². The molecule has 2 rings (SSSR count). The van der Waals surface area contributed by atoms with E-state index in [1.807, 2.05) is 50.2 Å². The average molecular weight is 339 g/mol. The van der Waals surface area contributed by atoms with E-state index in [-0.39, 0.29) is 11.9 Å². The number of unbranched alkanes of at least 4 members (excludes halogenated alkanes) is 1. The summed E-state index contributed by atoms with van der Waals surface area (Å²) in [4.78, 5) is 21.3. The minimum Gasteiger partial charge on any atom is -0.372 e. The topological polar surface area (TPSA) is 36.4 Å². The van der Waals surface area contributed by atoms with E-state index in [4.69, 9.17) is 0 Å². The Morgan fingerprint density at radius 2 is 1.80 bits per heavy atom. The zero-order valence-corrected chi connectivity index (χ0v) is 15.8. The van der Waals surface area contributed by atoms with E-state index >= 15 is 0 Å². The SMILES string of the molecule is CCCCN(CC)c1ccc(C(=O)N(c2cccnc2)C(C)C)cc1. The Morgan fingerprint density at radius 3 is 2.32 bits per heavy atom. The lowest BCUT2D eigenvalue weighted by Crippen LogP contribution is -2.37. The van der Waals surface area contributed by atoms with Gasteiger partial charge in [0.1, 0.15) is 0 Å². The van der Waals surface area contributed by atoms with Gasteiger partial charge in [0.25, 0.3) is 5.91 Å². The van der Waals surface area contributed by atoms with Crippen LogP contribution >= 0.6 is 0 Å². The summed E-state index contributed by atoms with van der Waals surface area (Å²) >= 11 is 0. The largest absolute Gasteiger partial charge is 0.372 e. The van der Waals surface area contributed by atoms with Crippen LogP contribution in [0.25, 0.3) is 0 Å². The van der Waals surface area contributed by atoms with Crippen molar-refractivity contribution in [2.24, 2.45) is 0 Å². The van der Waals surface area contributed by atoms with E-state index < -0.39 is 0 Å². The van der Waals surface area contributed by atoms with Crippen molar-refractivity contribution in [3.05, 3.63) is 54.4 Å². The fraction of sp³-hybridized carbons (Fsp3) is 0.429. The van der Waals surface area contributed by atoms with Crippen LogP contribution in [0.3, 0.4) is 0 Å². The third kappa shape index (κ3) is 4.81. The summed E-state index contributed by atoms with van der Waals surface area (Å²) in [5, 5.41) is 0. The maximum absolute atomic E-state index is 13.0. The Hall–Kier alpha value is -2.36. The molecule has 0 spiro atoms. The summed E-state index contributed by atoms with van der Waals surface area (Å²) < 4.78 is 0. The molecule has 1 amide bonds. The molecule has 0 saturated heterocycles. The lowest BCUT2D eigenvalue weighted by molar-refractivity contribution is 0.0980. The molecule has 0 bridgehead atoms. The number of rotatable bonds is 8. The van der Waals surface area contributed by atoms with Crippen LogP contribution in [0.1, 0.15) is 50.9 Å². The molecule has 1 heterocycles.